The first-order chi connectivity index (χ1) is 15.1. The molecule has 0 saturated heterocycles. The van der Waals surface area contributed by atoms with Crippen LogP contribution < -0.4 is 10.1 Å². The fourth-order valence-electron chi connectivity index (χ4n) is 3.75. The van der Waals surface area contributed by atoms with Crippen molar-refractivity contribution in [2.45, 2.75) is 65.1 Å². The number of hydrogen-bond acceptors (Lipinski definition) is 4. The number of nitrogens with zero attached hydrogens (tertiary/aromatic N) is 5. The molecule has 9 heteroatoms. The van der Waals surface area contributed by atoms with E-state index in [1.807, 2.05) is 18.9 Å². The first kappa shape index (κ1) is 23.0. The molecule has 1 aromatic carbocycles. The summed E-state index contributed by atoms with van der Waals surface area (Å²) in [6.45, 7) is 2.31. The van der Waals surface area contributed by atoms with Crippen molar-refractivity contribution in [1.82, 2.24) is 25.0 Å². The minimum atomic E-state index is -2.81. The molecule has 1 N–H and O–H groups in total. The Bertz CT molecular complexity index is 837. The molecule has 0 amide bonds. The van der Waals surface area contributed by atoms with E-state index in [0.717, 1.165) is 55.5 Å². The Morgan fingerprint density at radius 2 is 2.03 bits per heavy atom. The smallest absolute Gasteiger partial charge is 0.387 e. The van der Waals surface area contributed by atoms with Gasteiger partial charge in [-0.2, -0.15) is 8.78 Å². The van der Waals surface area contributed by atoms with Gasteiger partial charge in [-0.1, -0.05) is 18.6 Å². The van der Waals surface area contributed by atoms with Gasteiger partial charge in [0.2, 0.25) is 0 Å². The van der Waals surface area contributed by atoms with E-state index in [1.165, 1.54) is 19.3 Å². The van der Waals surface area contributed by atoms with Crippen LogP contribution in [0.1, 0.15) is 49.8 Å². The van der Waals surface area contributed by atoms with E-state index in [1.54, 1.807) is 24.3 Å². The highest BCUT2D eigenvalue weighted by Gasteiger charge is 2.14. The van der Waals surface area contributed by atoms with Crippen LogP contribution >= 0.6 is 0 Å². The van der Waals surface area contributed by atoms with Crippen LogP contribution in [0.15, 0.2) is 29.3 Å². The van der Waals surface area contributed by atoms with E-state index in [4.69, 9.17) is 4.99 Å². The summed E-state index contributed by atoms with van der Waals surface area (Å²) in [7, 11) is 1.96. The Balaban J connectivity index is 1.52. The third-order valence-corrected chi connectivity index (χ3v) is 5.27. The zero-order chi connectivity index (χ0) is 22.1. The molecule has 0 spiro atoms. The van der Waals surface area contributed by atoms with Crippen LogP contribution in [0.25, 0.3) is 0 Å². The van der Waals surface area contributed by atoms with Gasteiger partial charge < -0.3 is 19.5 Å². The molecular formula is C22H32F2N6O. The van der Waals surface area contributed by atoms with E-state index < -0.39 is 6.61 Å². The number of aliphatic imine (C=N–C) groups is 1. The molecule has 0 unspecified atom stereocenters. The number of hydrogen-bond donors (Lipinski definition) is 1. The van der Waals surface area contributed by atoms with E-state index in [9.17, 15) is 8.78 Å². The lowest BCUT2D eigenvalue weighted by Gasteiger charge is -2.22. The largest absolute Gasteiger partial charge is 0.435 e. The van der Waals surface area contributed by atoms with Crippen molar-refractivity contribution in [3.8, 4) is 5.75 Å². The molecule has 7 nitrogen and oxygen atoms in total. The molecule has 170 valence electrons. The second-order valence-electron chi connectivity index (χ2n) is 7.71. The summed E-state index contributed by atoms with van der Waals surface area (Å²) in [4.78, 5) is 6.77. The monoisotopic (exact) mass is 434 g/mol. The molecule has 1 aliphatic rings. The SMILES string of the molecule is CCNC(=NCCCc1nnc2n1CCCCC2)N(C)Cc1ccc(OC(F)F)cc1. The number of rotatable bonds is 9. The van der Waals surface area contributed by atoms with Crippen molar-refractivity contribution in [2.24, 2.45) is 4.99 Å². The fourth-order valence-corrected chi connectivity index (χ4v) is 3.75. The lowest BCUT2D eigenvalue weighted by molar-refractivity contribution is -0.0498. The summed E-state index contributed by atoms with van der Waals surface area (Å²) in [6.07, 6.45) is 6.44. The number of halogens is 2. The van der Waals surface area contributed by atoms with E-state index in [2.05, 4.69) is 24.8 Å². The first-order valence-electron chi connectivity index (χ1n) is 11.0. The van der Waals surface area contributed by atoms with Crippen molar-refractivity contribution in [2.75, 3.05) is 20.1 Å². The Hall–Kier alpha value is -2.71. The summed E-state index contributed by atoms with van der Waals surface area (Å²) in [5, 5.41) is 12.1. The van der Waals surface area contributed by atoms with Gasteiger partial charge in [0, 0.05) is 46.1 Å². The van der Waals surface area contributed by atoms with Crippen LogP contribution in [0.3, 0.4) is 0 Å². The summed E-state index contributed by atoms with van der Waals surface area (Å²) in [5.41, 5.74) is 0.987. The molecule has 0 atom stereocenters. The Morgan fingerprint density at radius 1 is 1.23 bits per heavy atom. The number of aromatic nitrogens is 3. The van der Waals surface area contributed by atoms with Gasteiger partial charge in [0.15, 0.2) is 5.96 Å². The molecule has 0 bridgehead atoms. The van der Waals surface area contributed by atoms with Crippen LogP contribution in [0.5, 0.6) is 5.75 Å². The third-order valence-electron chi connectivity index (χ3n) is 5.27. The predicted molar refractivity (Wildman–Crippen MR) is 116 cm³/mol. The number of guanidine groups is 1. The minimum Gasteiger partial charge on any atom is -0.435 e. The zero-order valence-electron chi connectivity index (χ0n) is 18.4. The van der Waals surface area contributed by atoms with Gasteiger partial charge in [-0.05, 0) is 43.9 Å². The van der Waals surface area contributed by atoms with E-state index in [-0.39, 0.29) is 5.75 Å². The number of aryl methyl sites for hydroxylation is 2. The van der Waals surface area contributed by atoms with Crippen molar-refractivity contribution >= 4 is 5.96 Å². The Morgan fingerprint density at radius 3 is 2.77 bits per heavy atom. The normalized spacial score (nSPS) is 14.3. The molecule has 3 rings (SSSR count). The second-order valence-corrected chi connectivity index (χ2v) is 7.71. The summed E-state index contributed by atoms with van der Waals surface area (Å²) in [5.74, 6) is 3.16. The van der Waals surface area contributed by atoms with Crippen LogP contribution in [0, 0.1) is 0 Å². The van der Waals surface area contributed by atoms with Crippen molar-refractivity contribution in [3.05, 3.63) is 41.5 Å². The van der Waals surface area contributed by atoms with Gasteiger partial charge in [-0.25, -0.2) is 0 Å². The maximum atomic E-state index is 12.3. The summed E-state index contributed by atoms with van der Waals surface area (Å²) >= 11 is 0. The van der Waals surface area contributed by atoms with Gasteiger partial charge in [0.25, 0.3) is 0 Å². The van der Waals surface area contributed by atoms with Gasteiger partial charge in [0.05, 0.1) is 0 Å². The molecule has 0 fully saturated rings. The van der Waals surface area contributed by atoms with E-state index >= 15 is 0 Å². The molecule has 2 heterocycles. The van der Waals surface area contributed by atoms with Gasteiger partial charge in [-0.15, -0.1) is 10.2 Å². The van der Waals surface area contributed by atoms with E-state index in [0.29, 0.717) is 13.1 Å². The summed E-state index contributed by atoms with van der Waals surface area (Å²) < 4.78 is 31.3. The topological polar surface area (TPSA) is 67.6 Å². The maximum absolute atomic E-state index is 12.3. The molecule has 0 aliphatic carbocycles. The minimum absolute atomic E-state index is 0.161. The lowest BCUT2D eigenvalue weighted by Crippen LogP contribution is -2.38. The molecule has 0 saturated carbocycles. The van der Waals surface area contributed by atoms with Crippen LogP contribution in [0.2, 0.25) is 0 Å². The van der Waals surface area contributed by atoms with Gasteiger partial charge >= 0.3 is 6.61 Å². The van der Waals surface area contributed by atoms with Crippen molar-refractivity contribution < 1.29 is 13.5 Å². The number of ether oxygens (including phenoxy) is 1. The predicted octanol–water partition coefficient (Wildman–Crippen LogP) is 3.64. The first-order valence-corrected chi connectivity index (χ1v) is 11.0. The molecular weight excluding hydrogens is 402 g/mol. The fraction of sp³-hybridized carbons (Fsp3) is 0.591. The van der Waals surface area contributed by atoms with Crippen LogP contribution in [-0.4, -0.2) is 52.4 Å². The van der Waals surface area contributed by atoms with Crippen molar-refractivity contribution in [3.63, 3.8) is 0 Å². The lowest BCUT2D eigenvalue weighted by atomic mass is 10.2. The standard InChI is InChI=1S/C22H32F2N6O/c1-3-25-22(29(2)16-17-10-12-18(13-11-17)31-21(23)24)26-14-7-9-20-28-27-19-8-5-4-6-15-30(19)20/h10-13,21H,3-9,14-16H2,1-2H3,(H,25,26). The molecule has 2 aromatic rings. The molecule has 1 aliphatic heterocycles. The molecule has 0 radical (unpaired) electrons. The third kappa shape index (κ3) is 6.90. The van der Waals surface area contributed by atoms with Crippen LogP contribution in [-0.2, 0) is 25.9 Å². The van der Waals surface area contributed by atoms with Gasteiger partial charge in [0.1, 0.15) is 17.4 Å². The highest BCUT2D eigenvalue weighted by atomic mass is 19.3. The number of benzene rings is 1. The average Bonchev–Trinajstić information content (AvgIpc) is 2.97. The van der Waals surface area contributed by atoms with Crippen LogP contribution in [0.4, 0.5) is 8.78 Å². The highest BCUT2D eigenvalue weighted by molar-refractivity contribution is 5.79. The molecule has 1 aromatic heterocycles. The quantitative estimate of drug-likeness (QED) is 0.371. The Kier molecular flexibility index (Phi) is 8.61. The number of fused-ring (bicyclic) bond motifs is 1. The van der Waals surface area contributed by atoms with Gasteiger partial charge in [-0.3, -0.25) is 4.99 Å². The maximum Gasteiger partial charge on any atom is 0.387 e. The second kappa shape index (κ2) is 11.6. The average molecular weight is 435 g/mol. The summed E-state index contributed by atoms with van der Waals surface area (Å²) in [6, 6.07) is 6.69. The highest BCUT2D eigenvalue weighted by Crippen LogP contribution is 2.17. The van der Waals surface area contributed by atoms with Crippen molar-refractivity contribution in [1.29, 1.82) is 0 Å². The number of alkyl halides is 2. The zero-order valence-corrected chi connectivity index (χ0v) is 18.4. The molecule has 31 heavy (non-hydrogen) atoms. The number of nitrogens with one attached hydrogen (secondary N) is 1. The Labute approximate surface area is 182 Å².